The summed E-state index contributed by atoms with van der Waals surface area (Å²) >= 11 is 0. The van der Waals surface area contributed by atoms with Crippen LogP contribution in [0.4, 0.5) is 0 Å². The molecular formula is C16H23N3O3. The first-order valence-corrected chi connectivity index (χ1v) is 7.79. The Hall–Kier alpha value is -1.95. The second-order valence-electron chi connectivity index (χ2n) is 5.28. The Labute approximate surface area is 130 Å². The van der Waals surface area contributed by atoms with Crippen LogP contribution in [0.3, 0.4) is 0 Å². The molecule has 0 saturated carbocycles. The van der Waals surface area contributed by atoms with E-state index in [1.165, 1.54) is 12.4 Å². The Balaban J connectivity index is 2.00. The molecule has 1 aliphatic heterocycles. The summed E-state index contributed by atoms with van der Waals surface area (Å²) < 4.78 is 5.47. The van der Waals surface area contributed by atoms with Crippen LogP contribution in [-0.2, 0) is 4.74 Å². The molecule has 0 aliphatic carbocycles. The van der Waals surface area contributed by atoms with E-state index < -0.39 is 0 Å². The summed E-state index contributed by atoms with van der Waals surface area (Å²) in [6.07, 6.45) is 5.08. The SMILES string of the molecule is CCN(CC)C(=O)c1cncc(C(=O)NCC2CCCO2)c1. The van der Waals surface area contributed by atoms with E-state index in [-0.39, 0.29) is 17.9 Å². The zero-order chi connectivity index (χ0) is 15.9. The third kappa shape index (κ3) is 4.04. The third-order valence-electron chi connectivity index (χ3n) is 3.81. The van der Waals surface area contributed by atoms with Gasteiger partial charge in [-0.05, 0) is 32.8 Å². The summed E-state index contributed by atoms with van der Waals surface area (Å²) in [5.74, 6) is -0.330. The quantitative estimate of drug-likeness (QED) is 0.864. The van der Waals surface area contributed by atoms with Gasteiger partial charge in [0.1, 0.15) is 0 Å². The van der Waals surface area contributed by atoms with E-state index in [2.05, 4.69) is 10.3 Å². The van der Waals surface area contributed by atoms with E-state index in [0.717, 1.165) is 19.4 Å². The minimum Gasteiger partial charge on any atom is -0.376 e. The Bertz CT molecular complexity index is 523. The fourth-order valence-electron chi connectivity index (χ4n) is 2.49. The highest BCUT2D eigenvalue weighted by molar-refractivity contribution is 5.99. The van der Waals surface area contributed by atoms with Crippen molar-refractivity contribution in [3.8, 4) is 0 Å². The number of hydrogen-bond donors (Lipinski definition) is 1. The van der Waals surface area contributed by atoms with Crippen LogP contribution in [0.25, 0.3) is 0 Å². The maximum atomic E-state index is 12.3. The average Bonchev–Trinajstić information content (AvgIpc) is 3.07. The molecule has 2 rings (SSSR count). The lowest BCUT2D eigenvalue weighted by atomic mass is 10.1. The summed E-state index contributed by atoms with van der Waals surface area (Å²) in [5.41, 5.74) is 0.837. The number of carbonyl (C=O) groups is 2. The molecule has 1 aromatic rings. The first-order chi connectivity index (χ1) is 10.7. The molecule has 0 radical (unpaired) electrons. The predicted octanol–water partition coefficient (Wildman–Crippen LogP) is 1.47. The first kappa shape index (κ1) is 16.4. The summed E-state index contributed by atoms with van der Waals surface area (Å²) in [6, 6.07) is 1.60. The second kappa shape index (κ2) is 7.89. The van der Waals surface area contributed by atoms with Crippen molar-refractivity contribution in [2.75, 3.05) is 26.2 Å². The van der Waals surface area contributed by atoms with Crippen molar-refractivity contribution in [2.24, 2.45) is 0 Å². The number of amides is 2. The standard InChI is InChI=1S/C16H23N3O3/c1-3-19(4-2)16(21)13-8-12(9-17-10-13)15(20)18-11-14-6-5-7-22-14/h8-10,14H,3-7,11H2,1-2H3,(H,18,20). The van der Waals surface area contributed by atoms with Gasteiger partial charge in [0.2, 0.25) is 0 Å². The second-order valence-corrected chi connectivity index (χ2v) is 5.28. The smallest absolute Gasteiger partial charge is 0.255 e. The van der Waals surface area contributed by atoms with Gasteiger partial charge in [-0.1, -0.05) is 0 Å². The molecule has 1 aromatic heterocycles. The predicted molar refractivity (Wildman–Crippen MR) is 82.8 cm³/mol. The zero-order valence-electron chi connectivity index (χ0n) is 13.2. The van der Waals surface area contributed by atoms with Gasteiger partial charge in [-0.25, -0.2) is 0 Å². The van der Waals surface area contributed by atoms with Crippen LogP contribution in [0.15, 0.2) is 18.5 Å². The normalized spacial score (nSPS) is 17.3. The number of carbonyl (C=O) groups excluding carboxylic acids is 2. The molecule has 1 atom stereocenters. The van der Waals surface area contributed by atoms with Crippen molar-refractivity contribution < 1.29 is 14.3 Å². The average molecular weight is 305 g/mol. The van der Waals surface area contributed by atoms with Crippen molar-refractivity contribution in [3.63, 3.8) is 0 Å². The number of nitrogens with zero attached hydrogens (tertiary/aromatic N) is 2. The molecule has 1 saturated heterocycles. The molecule has 120 valence electrons. The molecule has 1 fully saturated rings. The van der Waals surface area contributed by atoms with Crippen LogP contribution < -0.4 is 5.32 Å². The highest BCUT2D eigenvalue weighted by Gasteiger charge is 2.18. The molecule has 1 N–H and O–H groups in total. The summed E-state index contributed by atoms with van der Waals surface area (Å²) in [5, 5.41) is 2.84. The van der Waals surface area contributed by atoms with Crippen LogP contribution in [-0.4, -0.2) is 54.0 Å². The highest BCUT2D eigenvalue weighted by atomic mass is 16.5. The van der Waals surface area contributed by atoms with Gasteiger partial charge in [0.15, 0.2) is 0 Å². The Kier molecular flexibility index (Phi) is 5.89. The molecule has 1 aliphatic rings. The van der Waals surface area contributed by atoms with Gasteiger partial charge in [0.05, 0.1) is 17.2 Å². The van der Waals surface area contributed by atoms with Gasteiger partial charge in [-0.3, -0.25) is 14.6 Å². The van der Waals surface area contributed by atoms with Gasteiger partial charge >= 0.3 is 0 Å². The third-order valence-corrected chi connectivity index (χ3v) is 3.81. The van der Waals surface area contributed by atoms with Gasteiger partial charge in [-0.15, -0.1) is 0 Å². The number of hydrogen-bond acceptors (Lipinski definition) is 4. The topological polar surface area (TPSA) is 71.5 Å². The molecule has 6 nitrogen and oxygen atoms in total. The Morgan fingerprint density at radius 3 is 2.68 bits per heavy atom. The maximum Gasteiger partial charge on any atom is 0.255 e. The van der Waals surface area contributed by atoms with Crippen molar-refractivity contribution in [2.45, 2.75) is 32.8 Å². The van der Waals surface area contributed by atoms with Crippen LogP contribution in [0, 0.1) is 0 Å². The van der Waals surface area contributed by atoms with Gasteiger partial charge in [0, 0.05) is 38.6 Å². The number of nitrogens with one attached hydrogen (secondary N) is 1. The first-order valence-electron chi connectivity index (χ1n) is 7.79. The van der Waals surface area contributed by atoms with Crippen LogP contribution in [0.2, 0.25) is 0 Å². The summed E-state index contributed by atoms with van der Waals surface area (Å²) in [4.78, 5) is 30.2. The van der Waals surface area contributed by atoms with Crippen molar-refractivity contribution in [1.29, 1.82) is 0 Å². The van der Waals surface area contributed by atoms with Gasteiger partial charge in [-0.2, -0.15) is 0 Å². The van der Waals surface area contributed by atoms with E-state index in [1.807, 2.05) is 13.8 Å². The Morgan fingerprint density at radius 1 is 1.32 bits per heavy atom. The van der Waals surface area contributed by atoms with E-state index >= 15 is 0 Å². The molecule has 2 heterocycles. The molecule has 0 bridgehead atoms. The van der Waals surface area contributed by atoms with E-state index in [4.69, 9.17) is 4.74 Å². The minimum atomic E-state index is -0.225. The zero-order valence-corrected chi connectivity index (χ0v) is 13.2. The van der Waals surface area contributed by atoms with Crippen LogP contribution in [0.5, 0.6) is 0 Å². The highest BCUT2D eigenvalue weighted by Crippen LogP contribution is 2.11. The number of pyridine rings is 1. The number of aromatic nitrogens is 1. The molecule has 6 heteroatoms. The lowest BCUT2D eigenvalue weighted by molar-refractivity contribution is 0.0772. The van der Waals surface area contributed by atoms with Crippen LogP contribution >= 0.6 is 0 Å². The van der Waals surface area contributed by atoms with Gasteiger partial charge in [0.25, 0.3) is 11.8 Å². The van der Waals surface area contributed by atoms with Crippen molar-refractivity contribution >= 4 is 11.8 Å². The number of rotatable bonds is 6. The number of ether oxygens (including phenoxy) is 1. The lowest BCUT2D eigenvalue weighted by Gasteiger charge is -2.18. The van der Waals surface area contributed by atoms with Crippen LogP contribution in [0.1, 0.15) is 47.4 Å². The molecule has 0 aromatic carbocycles. The van der Waals surface area contributed by atoms with E-state index in [9.17, 15) is 9.59 Å². The molecule has 1 unspecified atom stereocenters. The monoisotopic (exact) mass is 305 g/mol. The Morgan fingerprint density at radius 2 is 2.05 bits per heavy atom. The lowest BCUT2D eigenvalue weighted by Crippen LogP contribution is -2.33. The van der Waals surface area contributed by atoms with Crippen molar-refractivity contribution in [3.05, 3.63) is 29.6 Å². The minimum absolute atomic E-state index is 0.0948. The molecule has 2 amide bonds. The fraction of sp³-hybridized carbons (Fsp3) is 0.562. The molecule has 22 heavy (non-hydrogen) atoms. The molecular weight excluding hydrogens is 282 g/mol. The van der Waals surface area contributed by atoms with E-state index in [0.29, 0.717) is 30.8 Å². The molecule has 0 spiro atoms. The van der Waals surface area contributed by atoms with E-state index in [1.54, 1.807) is 11.0 Å². The van der Waals surface area contributed by atoms with Gasteiger partial charge < -0.3 is 15.0 Å². The van der Waals surface area contributed by atoms with Crippen molar-refractivity contribution in [1.82, 2.24) is 15.2 Å². The largest absolute Gasteiger partial charge is 0.376 e. The summed E-state index contributed by atoms with van der Waals surface area (Å²) in [7, 11) is 0. The summed E-state index contributed by atoms with van der Waals surface area (Å²) in [6.45, 7) is 6.36. The fourth-order valence-corrected chi connectivity index (χ4v) is 2.49. The maximum absolute atomic E-state index is 12.3.